The van der Waals surface area contributed by atoms with E-state index in [0.29, 0.717) is 6.54 Å². The fourth-order valence-corrected chi connectivity index (χ4v) is 3.56. The molecule has 0 bridgehead atoms. The maximum Gasteiger partial charge on any atom is 0.213 e. The van der Waals surface area contributed by atoms with Crippen molar-refractivity contribution in [2.45, 2.75) is 39.2 Å². The first-order chi connectivity index (χ1) is 8.57. The lowest BCUT2D eigenvalue weighted by molar-refractivity contribution is 0.208. The van der Waals surface area contributed by atoms with Crippen molar-refractivity contribution in [2.24, 2.45) is 0 Å². The molecule has 0 aromatic rings. The van der Waals surface area contributed by atoms with Crippen LogP contribution >= 0.6 is 0 Å². The highest BCUT2D eigenvalue weighted by molar-refractivity contribution is 7.89. The van der Waals surface area contributed by atoms with Gasteiger partial charge in [-0.05, 0) is 45.4 Å². The van der Waals surface area contributed by atoms with Crippen LogP contribution in [-0.2, 0) is 10.0 Å². The van der Waals surface area contributed by atoms with Crippen molar-refractivity contribution in [3.05, 3.63) is 0 Å². The van der Waals surface area contributed by atoms with Gasteiger partial charge in [-0.3, -0.25) is 0 Å². The second kappa shape index (κ2) is 8.09. The van der Waals surface area contributed by atoms with Crippen molar-refractivity contribution < 1.29 is 8.42 Å². The van der Waals surface area contributed by atoms with Gasteiger partial charge in [0.1, 0.15) is 0 Å². The van der Waals surface area contributed by atoms with Crippen LogP contribution < -0.4 is 10.0 Å². The van der Waals surface area contributed by atoms with Gasteiger partial charge in [-0.1, -0.05) is 13.8 Å². The lowest BCUT2D eigenvalue weighted by Gasteiger charge is -2.31. The van der Waals surface area contributed by atoms with E-state index < -0.39 is 10.0 Å². The van der Waals surface area contributed by atoms with Crippen LogP contribution in [-0.4, -0.2) is 57.8 Å². The first-order valence-corrected chi connectivity index (χ1v) is 8.65. The zero-order chi connectivity index (χ0) is 13.4. The van der Waals surface area contributed by atoms with Gasteiger partial charge in [-0.15, -0.1) is 0 Å². The zero-order valence-electron chi connectivity index (χ0n) is 11.6. The molecule has 6 heteroatoms. The average Bonchev–Trinajstić information content (AvgIpc) is 2.32. The fourth-order valence-electron chi connectivity index (χ4n) is 2.29. The number of nitrogens with one attached hydrogen (secondary N) is 2. The molecule has 2 N–H and O–H groups in total. The lowest BCUT2D eigenvalue weighted by Crippen LogP contribution is -2.46. The van der Waals surface area contributed by atoms with Gasteiger partial charge in [-0.2, -0.15) is 0 Å². The Balaban J connectivity index is 2.27. The van der Waals surface area contributed by atoms with Crippen molar-refractivity contribution in [3.63, 3.8) is 0 Å². The summed E-state index contributed by atoms with van der Waals surface area (Å²) in [5.74, 6) is 0.177. The maximum atomic E-state index is 11.8. The van der Waals surface area contributed by atoms with Crippen LogP contribution in [0.3, 0.4) is 0 Å². The minimum atomic E-state index is -3.11. The molecule has 0 saturated carbocycles. The molecular formula is C12H27N3O2S. The van der Waals surface area contributed by atoms with Gasteiger partial charge in [0.2, 0.25) is 10.0 Å². The van der Waals surface area contributed by atoms with E-state index in [1.165, 1.54) is 6.42 Å². The molecule has 18 heavy (non-hydrogen) atoms. The summed E-state index contributed by atoms with van der Waals surface area (Å²) in [6.07, 6.45) is 3.03. The summed E-state index contributed by atoms with van der Waals surface area (Å²) in [6.45, 7) is 8.63. The van der Waals surface area contributed by atoms with Crippen LogP contribution in [0.5, 0.6) is 0 Å². The standard InChI is InChI=1S/C12H27N3O2S/c1-3-8-15-9-5-12(6-10-15)14-18(16,17)11-7-13-4-2/h12-14H,3-11H2,1-2H3. The van der Waals surface area contributed by atoms with Crippen molar-refractivity contribution in [1.29, 1.82) is 0 Å². The van der Waals surface area contributed by atoms with E-state index in [4.69, 9.17) is 0 Å². The summed E-state index contributed by atoms with van der Waals surface area (Å²) < 4.78 is 26.5. The van der Waals surface area contributed by atoms with E-state index in [2.05, 4.69) is 21.9 Å². The molecule has 1 aliphatic heterocycles. The lowest BCUT2D eigenvalue weighted by atomic mass is 10.1. The topological polar surface area (TPSA) is 61.4 Å². The molecule has 0 aliphatic carbocycles. The summed E-state index contributed by atoms with van der Waals surface area (Å²) in [7, 11) is -3.11. The minimum absolute atomic E-state index is 0.129. The van der Waals surface area contributed by atoms with Gasteiger partial charge in [-0.25, -0.2) is 13.1 Å². The van der Waals surface area contributed by atoms with E-state index in [9.17, 15) is 8.42 Å². The third-order valence-corrected chi connectivity index (χ3v) is 4.71. The number of piperidine rings is 1. The second-order valence-electron chi connectivity index (χ2n) is 4.91. The van der Waals surface area contributed by atoms with Crippen LogP contribution in [0.4, 0.5) is 0 Å². The molecule has 1 fully saturated rings. The number of rotatable bonds is 8. The number of nitrogens with zero attached hydrogens (tertiary/aromatic N) is 1. The molecule has 108 valence electrons. The van der Waals surface area contributed by atoms with E-state index >= 15 is 0 Å². The first kappa shape index (κ1) is 15.9. The molecule has 0 aromatic carbocycles. The van der Waals surface area contributed by atoms with Gasteiger partial charge in [0.05, 0.1) is 5.75 Å². The number of sulfonamides is 1. The highest BCUT2D eigenvalue weighted by Crippen LogP contribution is 2.11. The Kier molecular flexibility index (Phi) is 7.14. The number of hydrogen-bond donors (Lipinski definition) is 2. The maximum absolute atomic E-state index is 11.8. The highest BCUT2D eigenvalue weighted by atomic mass is 32.2. The first-order valence-electron chi connectivity index (χ1n) is 7.00. The van der Waals surface area contributed by atoms with Crippen molar-refractivity contribution in [3.8, 4) is 0 Å². The molecule has 1 aliphatic rings. The predicted octanol–water partition coefficient (Wildman–Crippen LogP) is 0.390. The third-order valence-electron chi connectivity index (χ3n) is 3.27. The molecular weight excluding hydrogens is 250 g/mol. The highest BCUT2D eigenvalue weighted by Gasteiger charge is 2.22. The molecule has 0 atom stereocenters. The smallest absolute Gasteiger partial charge is 0.213 e. The van der Waals surface area contributed by atoms with Crippen LogP contribution in [0, 0.1) is 0 Å². The quantitative estimate of drug-likeness (QED) is 0.630. The Morgan fingerprint density at radius 1 is 1.22 bits per heavy atom. The van der Waals surface area contributed by atoms with Gasteiger partial charge in [0.25, 0.3) is 0 Å². The number of hydrogen-bond acceptors (Lipinski definition) is 4. The van der Waals surface area contributed by atoms with Crippen LogP contribution in [0.1, 0.15) is 33.1 Å². The summed E-state index contributed by atoms with van der Waals surface area (Å²) in [5.41, 5.74) is 0. The minimum Gasteiger partial charge on any atom is -0.316 e. The third kappa shape index (κ3) is 6.13. The van der Waals surface area contributed by atoms with Gasteiger partial charge >= 0.3 is 0 Å². The van der Waals surface area contributed by atoms with Crippen LogP contribution in [0.2, 0.25) is 0 Å². The summed E-state index contributed by atoms with van der Waals surface area (Å²) in [6, 6.07) is 0.129. The van der Waals surface area contributed by atoms with E-state index in [-0.39, 0.29) is 11.8 Å². The van der Waals surface area contributed by atoms with Crippen LogP contribution in [0.25, 0.3) is 0 Å². The van der Waals surface area contributed by atoms with Gasteiger partial charge in [0.15, 0.2) is 0 Å². The normalized spacial score (nSPS) is 19.2. The second-order valence-corrected chi connectivity index (χ2v) is 6.78. The van der Waals surface area contributed by atoms with Crippen molar-refractivity contribution in [2.75, 3.05) is 38.5 Å². The predicted molar refractivity (Wildman–Crippen MR) is 75.2 cm³/mol. The Bertz CT molecular complexity index is 311. The van der Waals surface area contributed by atoms with E-state index in [1.54, 1.807) is 0 Å². The van der Waals surface area contributed by atoms with E-state index in [0.717, 1.165) is 39.0 Å². The molecule has 0 radical (unpaired) electrons. The van der Waals surface area contributed by atoms with Gasteiger partial charge < -0.3 is 10.2 Å². The average molecular weight is 277 g/mol. The summed E-state index contributed by atoms with van der Waals surface area (Å²) >= 11 is 0. The zero-order valence-corrected chi connectivity index (χ0v) is 12.4. The molecule has 0 spiro atoms. The Morgan fingerprint density at radius 2 is 1.89 bits per heavy atom. The molecule has 0 aromatic heterocycles. The molecule has 5 nitrogen and oxygen atoms in total. The largest absolute Gasteiger partial charge is 0.316 e. The molecule has 1 rings (SSSR count). The SMILES string of the molecule is CCCN1CCC(NS(=O)(=O)CCNCC)CC1. The van der Waals surface area contributed by atoms with Gasteiger partial charge in [0, 0.05) is 12.6 Å². The van der Waals surface area contributed by atoms with Crippen molar-refractivity contribution >= 4 is 10.0 Å². The summed E-state index contributed by atoms with van der Waals surface area (Å²) in [5, 5.41) is 3.04. The van der Waals surface area contributed by atoms with E-state index in [1.807, 2.05) is 6.92 Å². The van der Waals surface area contributed by atoms with Crippen LogP contribution in [0.15, 0.2) is 0 Å². The van der Waals surface area contributed by atoms with Crippen molar-refractivity contribution in [1.82, 2.24) is 14.9 Å². The number of likely N-dealkylation sites (tertiary alicyclic amines) is 1. The Labute approximate surface area is 111 Å². The Morgan fingerprint density at radius 3 is 2.44 bits per heavy atom. The fraction of sp³-hybridized carbons (Fsp3) is 1.00. The molecule has 0 unspecified atom stereocenters. The summed E-state index contributed by atoms with van der Waals surface area (Å²) in [4.78, 5) is 2.41. The monoisotopic (exact) mass is 277 g/mol. The molecule has 0 amide bonds. The molecule has 1 heterocycles. The Hall–Kier alpha value is -0.170. The molecule has 1 saturated heterocycles.